The first-order valence-corrected chi connectivity index (χ1v) is 6.25. The zero-order valence-corrected chi connectivity index (χ0v) is 11.5. The smallest absolute Gasteiger partial charge is 0.292 e. The number of aromatic nitrogens is 5. The predicted molar refractivity (Wildman–Crippen MR) is 71.3 cm³/mol. The number of furan rings is 1. The highest BCUT2D eigenvalue weighted by molar-refractivity contribution is 9.10. The lowest BCUT2D eigenvalue weighted by molar-refractivity contribution is 0.0995. The molecule has 0 aliphatic heterocycles. The molecule has 1 N–H and O–H groups in total. The number of halogens is 1. The molecule has 0 aromatic carbocycles. The van der Waals surface area contributed by atoms with Gasteiger partial charge in [-0.2, -0.15) is 5.10 Å². The fourth-order valence-electron chi connectivity index (χ4n) is 1.48. The van der Waals surface area contributed by atoms with Gasteiger partial charge in [0.15, 0.2) is 16.2 Å². The summed E-state index contributed by atoms with van der Waals surface area (Å²) in [6.45, 7) is 0. The summed E-state index contributed by atoms with van der Waals surface area (Å²) in [5.74, 6) is 0.605. The number of nitrogens with one attached hydrogen (secondary N) is 1. The lowest BCUT2D eigenvalue weighted by atomic mass is 10.4. The number of rotatable bonds is 3. The molecule has 0 radical (unpaired) electrons. The SMILES string of the molecule is O=C(Nc1cc(-n2cncn2)ncn1)c1ccc(Br)o1. The molecule has 0 spiro atoms. The number of anilines is 1. The predicted octanol–water partition coefficient (Wildman–Crippen LogP) is 1.67. The average molecular weight is 335 g/mol. The maximum Gasteiger partial charge on any atom is 0.292 e. The molecular weight excluding hydrogens is 328 g/mol. The largest absolute Gasteiger partial charge is 0.444 e. The van der Waals surface area contributed by atoms with Crippen LogP contribution in [0.25, 0.3) is 5.82 Å². The summed E-state index contributed by atoms with van der Waals surface area (Å²) in [4.78, 5) is 23.7. The number of carbonyl (C=O) groups excluding carboxylic acids is 1. The molecule has 0 saturated carbocycles. The van der Waals surface area contributed by atoms with Crippen molar-refractivity contribution in [2.75, 3.05) is 5.32 Å². The molecule has 8 nitrogen and oxygen atoms in total. The molecule has 3 aromatic rings. The summed E-state index contributed by atoms with van der Waals surface area (Å²) in [6.07, 6.45) is 4.21. The highest BCUT2D eigenvalue weighted by Crippen LogP contribution is 2.15. The fourth-order valence-corrected chi connectivity index (χ4v) is 1.79. The Morgan fingerprint density at radius 1 is 1.30 bits per heavy atom. The van der Waals surface area contributed by atoms with Crippen molar-refractivity contribution in [2.45, 2.75) is 0 Å². The summed E-state index contributed by atoms with van der Waals surface area (Å²) in [5.41, 5.74) is 0. The van der Waals surface area contributed by atoms with Gasteiger partial charge >= 0.3 is 0 Å². The molecule has 0 atom stereocenters. The first-order valence-electron chi connectivity index (χ1n) is 5.46. The van der Waals surface area contributed by atoms with E-state index < -0.39 is 5.91 Å². The van der Waals surface area contributed by atoms with Crippen LogP contribution < -0.4 is 5.32 Å². The Morgan fingerprint density at radius 2 is 2.20 bits per heavy atom. The van der Waals surface area contributed by atoms with Crippen molar-refractivity contribution in [1.82, 2.24) is 24.7 Å². The number of amides is 1. The lowest BCUT2D eigenvalue weighted by Crippen LogP contribution is -2.13. The van der Waals surface area contributed by atoms with E-state index >= 15 is 0 Å². The Morgan fingerprint density at radius 3 is 2.90 bits per heavy atom. The number of carbonyl (C=O) groups is 1. The van der Waals surface area contributed by atoms with Gasteiger partial charge in [0.25, 0.3) is 5.91 Å². The molecule has 9 heteroatoms. The van der Waals surface area contributed by atoms with Crippen molar-refractivity contribution in [3.05, 3.63) is 47.6 Å². The monoisotopic (exact) mass is 334 g/mol. The Kier molecular flexibility index (Phi) is 3.25. The van der Waals surface area contributed by atoms with E-state index in [-0.39, 0.29) is 5.76 Å². The van der Waals surface area contributed by atoms with E-state index in [1.54, 1.807) is 18.2 Å². The van der Waals surface area contributed by atoms with Gasteiger partial charge < -0.3 is 9.73 Å². The van der Waals surface area contributed by atoms with Gasteiger partial charge in [-0.3, -0.25) is 4.79 Å². The normalized spacial score (nSPS) is 10.4. The van der Waals surface area contributed by atoms with Crippen LogP contribution in [0.3, 0.4) is 0 Å². The van der Waals surface area contributed by atoms with Crippen molar-refractivity contribution in [2.24, 2.45) is 0 Å². The van der Waals surface area contributed by atoms with Gasteiger partial charge in [-0.15, -0.1) is 0 Å². The molecule has 1 amide bonds. The van der Waals surface area contributed by atoms with Crippen LogP contribution >= 0.6 is 15.9 Å². The standard InChI is InChI=1S/C11H7BrN6O2/c12-8-2-1-7(20-8)11(19)17-9-3-10(15-5-14-9)18-6-13-4-16-18/h1-6H,(H,14,15,17,19). The van der Waals surface area contributed by atoms with E-state index in [9.17, 15) is 4.79 Å². The first kappa shape index (κ1) is 12.5. The van der Waals surface area contributed by atoms with Gasteiger partial charge in [-0.1, -0.05) is 0 Å². The number of nitrogens with zero attached hydrogens (tertiary/aromatic N) is 5. The minimum absolute atomic E-state index is 0.179. The van der Waals surface area contributed by atoms with Crippen molar-refractivity contribution in [3.63, 3.8) is 0 Å². The zero-order valence-electron chi connectivity index (χ0n) is 9.89. The third kappa shape index (κ3) is 2.57. The molecule has 0 aliphatic rings. The molecule has 0 saturated heterocycles. The number of hydrogen-bond acceptors (Lipinski definition) is 6. The second kappa shape index (κ2) is 5.21. The Balaban J connectivity index is 1.81. The van der Waals surface area contributed by atoms with Gasteiger partial charge in [-0.25, -0.2) is 19.6 Å². The lowest BCUT2D eigenvalue weighted by Gasteiger charge is -2.04. The molecule has 0 fully saturated rings. The molecule has 0 unspecified atom stereocenters. The molecule has 100 valence electrons. The molecule has 0 aliphatic carbocycles. The first-order chi connectivity index (χ1) is 9.72. The van der Waals surface area contributed by atoms with Crippen LogP contribution in [-0.2, 0) is 0 Å². The average Bonchev–Trinajstić information content (AvgIpc) is 3.10. The van der Waals surface area contributed by atoms with E-state index in [1.807, 2.05) is 0 Å². The summed E-state index contributed by atoms with van der Waals surface area (Å²) >= 11 is 3.13. The molecular formula is C11H7BrN6O2. The number of hydrogen-bond donors (Lipinski definition) is 1. The van der Waals surface area contributed by atoms with Crippen LogP contribution in [0.2, 0.25) is 0 Å². The van der Waals surface area contributed by atoms with Crippen molar-refractivity contribution in [3.8, 4) is 5.82 Å². The van der Waals surface area contributed by atoms with E-state index in [4.69, 9.17) is 4.42 Å². The van der Waals surface area contributed by atoms with Crippen LogP contribution in [0.15, 0.2) is 46.3 Å². The van der Waals surface area contributed by atoms with Gasteiger partial charge in [0, 0.05) is 6.07 Å². The van der Waals surface area contributed by atoms with Crippen LogP contribution in [0.4, 0.5) is 5.82 Å². The zero-order chi connectivity index (χ0) is 13.9. The van der Waals surface area contributed by atoms with Crippen LogP contribution in [0, 0.1) is 0 Å². The molecule has 20 heavy (non-hydrogen) atoms. The quantitative estimate of drug-likeness (QED) is 0.782. The Hall–Kier alpha value is -2.55. The Labute approximate surface area is 121 Å². The highest BCUT2D eigenvalue weighted by Gasteiger charge is 2.12. The second-order valence-electron chi connectivity index (χ2n) is 3.66. The van der Waals surface area contributed by atoms with E-state index in [0.717, 1.165) is 0 Å². The van der Waals surface area contributed by atoms with E-state index in [1.165, 1.54) is 23.7 Å². The second-order valence-corrected chi connectivity index (χ2v) is 4.44. The topological polar surface area (TPSA) is 98.7 Å². The summed E-state index contributed by atoms with van der Waals surface area (Å²) in [6, 6.07) is 4.76. The van der Waals surface area contributed by atoms with Gasteiger partial charge in [0.2, 0.25) is 0 Å². The summed E-state index contributed by atoms with van der Waals surface area (Å²) in [5, 5.41) is 6.55. The maximum absolute atomic E-state index is 11.9. The molecule has 3 heterocycles. The van der Waals surface area contributed by atoms with E-state index in [0.29, 0.717) is 16.3 Å². The fraction of sp³-hybridized carbons (Fsp3) is 0. The molecule has 0 bridgehead atoms. The van der Waals surface area contributed by atoms with Crippen LogP contribution in [-0.4, -0.2) is 30.6 Å². The van der Waals surface area contributed by atoms with Gasteiger partial charge in [0.05, 0.1) is 0 Å². The third-order valence-corrected chi connectivity index (χ3v) is 2.77. The van der Waals surface area contributed by atoms with Crippen LogP contribution in [0.5, 0.6) is 0 Å². The summed E-state index contributed by atoms with van der Waals surface area (Å²) in [7, 11) is 0. The Bertz CT molecular complexity index is 739. The van der Waals surface area contributed by atoms with Crippen molar-refractivity contribution < 1.29 is 9.21 Å². The van der Waals surface area contributed by atoms with Gasteiger partial charge in [-0.05, 0) is 28.1 Å². The van der Waals surface area contributed by atoms with Crippen molar-refractivity contribution in [1.29, 1.82) is 0 Å². The maximum atomic E-state index is 11.9. The van der Waals surface area contributed by atoms with Gasteiger partial charge in [0.1, 0.15) is 24.8 Å². The highest BCUT2D eigenvalue weighted by atomic mass is 79.9. The van der Waals surface area contributed by atoms with Crippen LogP contribution in [0.1, 0.15) is 10.6 Å². The minimum atomic E-state index is -0.404. The molecule has 3 rings (SSSR count). The van der Waals surface area contributed by atoms with Crippen molar-refractivity contribution >= 4 is 27.7 Å². The van der Waals surface area contributed by atoms with E-state index in [2.05, 4.69) is 41.3 Å². The minimum Gasteiger partial charge on any atom is -0.444 e. The third-order valence-electron chi connectivity index (χ3n) is 2.34. The molecule has 3 aromatic heterocycles. The summed E-state index contributed by atoms with van der Waals surface area (Å²) < 4.78 is 7.09.